The third kappa shape index (κ3) is 5.21. The molecule has 3 heteroatoms. The molecule has 2 heterocycles. The lowest BCUT2D eigenvalue weighted by Crippen LogP contribution is -2.38. The van der Waals surface area contributed by atoms with Crippen molar-refractivity contribution < 1.29 is 0 Å². The Bertz CT molecular complexity index is 2180. The summed E-state index contributed by atoms with van der Waals surface area (Å²) in [5.74, 6) is 2.63. The van der Waals surface area contributed by atoms with Crippen LogP contribution in [-0.2, 0) is 0 Å². The highest BCUT2D eigenvalue weighted by Gasteiger charge is 2.50. The van der Waals surface area contributed by atoms with Crippen molar-refractivity contribution in [3.05, 3.63) is 168 Å². The Hall–Kier alpha value is -5.54. The monoisotopic (exact) mass is 633 g/mol. The second-order valence-corrected chi connectivity index (χ2v) is 13.8. The number of aryl methyl sites for hydroxylation is 2. The number of anilines is 1. The molecule has 1 aromatic heterocycles. The molecule has 0 bridgehead atoms. The van der Waals surface area contributed by atoms with Crippen molar-refractivity contribution in [2.45, 2.75) is 44.7 Å². The molecule has 0 radical (unpaired) electrons. The van der Waals surface area contributed by atoms with Crippen molar-refractivity contribution in [3.63, 3.8) is 0 Å². The summed E-state index contributed by atoms with van der Waals surface area (Å²) in [4.78, 5) is 13.0. The van der Waals surface area contributed by atoms with Gasteiger partial charge in [-0.25, -0.2) is 9.97 Å². The minimum Gasteiger partial charge on any atom is -0.343 e. The van der Waals surface area contributed by atoms with Gasteiger partial charge in [-0.1, -0.05) is 146 Å². The SMILES string of the molecule is Cc1ccccc1-c1ccc(-c2ccc3c(c2)C2C4CCC=CC4N(c4cc(-c5ccccc5)nc(-c5ccccc5)n4)C2C=C3)cc1C. The third-order valence-electron chi connectivity index (χ3n) is 10.9. The van der Waals surface area contributed by atoms with Crippen LogP contribution in [0.5, 0.6) is 0 Å². The molecule has 3 nitrogen and oxygen atoms in total. The first kappa shape index (κ1) is 29.6. The van der Waals surface area contributed by atoms with Crippen LogP contribution in [0.4, 0.5) is 5.82 Å². The van der Waals surface area contributed by atoms with Crippen molar-refractivity contribution in [2.75, 3.05) is 4.90 Å². The molecule has 4 unspecified atom stereocenters. The van der Waals surface area contributed by atoms with E-state index in [0.29, 0.717) is 11.8 Å². The van der Waals surface area contributed by atoms with Gasteiger partial charge in [0.1, 0.15) is 5.82 Å². The highest BCUT2D eigenvalue weighted by atomic mass is 15.3. The Morgan fingerprint density at radius 2 is 1.31 bits per heavy atom. The number of aromatic nitrogens is 2. The number of fused-ring (bicyclic) bond motifs is 5. The van der Waals surface area contributed by atoms with Crippen molar-refractivity contribution in [3.8, 4) is 44.9 Å². The van der Waals surface area contributed by atoms with Gasteiger partial charge in [0.05, 0.1) is 17.8 Å². The number of rotatable bonds is 5. The smallest absolute Gasteiger partial charge is 0.162 e. The van der Waals surface area contributed by atoms with Gasteiger partial charge in [-0.2, -0.15) is 0 Å². The topological polar surface area (TPSA) is 29.0 Å². The van der Waals surface area contributed by atoms with Gasteiger partial charge in [-0.3, -0.25) is 0 Å². The molecule has 2 aliphatic carbocycles. The molecule has 1 fully saturated rings. The zero-order chi connectivity index (χ0) is 32.9. The van der Waals surface area contributed by atoms with E-state index in [4.69, 9.17) is 9.97 Å². The van der Waals surface area contributed by atoms with Gasteiger partial charge in [0, 0.05) is 23.1 Å². The fraction of sp³-hybridized carbons (Fsp3) is 0.174. The first-order valence-electron chi connectivity index (χ1n) is 17.6. The van der Waals surface area contributed by atoms with Gasteiger partial charge in [0.2, 0.25) is 0 Å². The number of hydrogen-bond donors (Lipinski definition) is 0. The highest BCUT2D eigenvalue weighted by molar-refractivity contribution is 5.78. The first-order chi connectivity index (χ1) is 24.1. The Kier molecular flexibility index (Phi) is 7.35. The Morgan fingerprint density at radius 3 is 2.10 bits per heavy atom. The predicted octanol–water partition coefficient (Wildman–Crippen LogP) is 11.1. The van der Waals surface area contributed by atoms with E-state index in [1.165, 1.54) is 50.9 Å². The van der Waals surface area contributed by atoms with E-state index < -0.39 is 0 Å². The van der Waals surface area contributed by atoms with E-state index in [1.807, 2.05) is 6.07 Å². The van der Waals surface area contributed by atoms with Crippen LogP contribution in [0, 0.1) is 19.8 Å². The second kappa shape index (κ2) is 12.2. The summed E-state index contributed by atoms with van der Waals surface area (Å²) in [5, 5.41) is 0. The van der Waals surface area contributed by atoms with Gasteiger partial charge >= 0.3 is 0 Å². The first-order valence-corrected chi connectivity index (χ1v) is 17.6. The van der Waals surface area contributed by atoms with Crippen LogP contribution >= 0.6 is 0 Å². The summed E-state index contributed by atoms with van der Waals surface area (Å²) in [5.41, 5.74) is 13.7. The molecule has 5 aromatic carbocycles. The van der Waals surface area contributed by atoms with Gasteiger partial charge in [-0.15, -0.1) is 0 Å². The maximum Gasteiger partial charge on any atom is 0.162 e. The molecule has 49 heavy (non-hydrogen) atoms. The van der Waals surface area contributed by atoms with Crippen molar-refractivity contribution in [1.82, 2.24) is 9.97 Å². The number of allylic oxidation sites excluding steroid dienone is 1. The normalized spacial score (nSPS) is 20.5. The number of benzene rings is 5. The summed E-state index contributed by atoms with van der Waals surface area (Å²) >= 11 is 0. The van der Waals surface area contributed by atoms with Crippen molar-refractivity contribution in [2.24, 2.45) is 5.92 Å². The largest absolute Gasteiger partial charge is 0.343 e. The van der Waals surface area contributed by atoms with E-state index >= 15 is 0 Å². The van der Waals surface area contributed by atoms with Gasteiger partial charge < -0.3 is 4.90 Å². The quantitative estimate of drug-likeness (QED) is 0.177. The molecule has 1 saturated heterocycles. The van der Waals surface area contributed by atoms with E-state index in [2.05, 4.69) is 164 Å². The summed E-state index contributed by atoms with van der Waals surface area (Å²) in [7, 11) is 0. The molecule has 6 aromatic rings. The van der Waals surface area contributed by atoms with Crippen LogP contribution in [0.3, 0.4) is 0 Å². The molecule has 0 N–H and O–H groups in total. The van der Waals surface area contributed by atoms with Gasteiger partial charge in [0.25, 0.3) is 0 Å². The molecule has 4 atom stereocenters. The predicted molar refractivity (Wildman–Crippen MR) is 203 cm³/mol. The fourth-order valence-electron chi connectivity index (χ4n) is 8.54. The molecular formula is C46H39N3. The standard InChI is InChI=1S/C46H39N3/c1-30-13-9-10-18-37(30)38-25-23-35(27-31(38)2)36-22-21-32-24-26-43-45(40(32)28-36)39-19-11-12-20-42(39)49(43)44-29-41(33-14-5-3-6-15-33)47-46(48-44)34-16-7-4-8-17-34/h3-10,12-18,20-29,39,42-43,45H,11,19H2,1-2H3. The minimum absolute atomic E-state index is 0.202. The van der Waals surface area contributed by atoms with Crippen molar-refractivity contribution in [1.29, 1.82) is 0 Å². The van der Waals surface area contributed by atoms with Gasteiger partial charge in [0.15, 0.2) is 5.82 Å². The van der Waals surface area contributed by atoms with Crippen LogP contribution in [0.2, 0.25) is 0 Å². The average molecular weight is 634 g/mol. The summed E-state index contributed by atoms with van der Waals surface area (Å²) in [6.07, 6.45) is 11.9. The number of nitrogens with zero attached hydrogens (tertiary/aromatic N) is 3. The molecule has 9 rings (SSSR count). The molecule has 0 amide bonds. The molecule has 238 valence electrons. The molecule has 3 aliphatic rings. The summed E-state index contributed by atoms with van der Waals surface area (Å²) in [6.45, 7) is 4.44. The van der Waals surface area contributed by atoms with Crippen LogP contribution in [0.15, 0.2) is 146 Å². The van der Waals surface area contributed by atoms with Crippen LogP contribution in [0.25, 0.3) is 51.0 Å². The molecule has 0 spiro atoms. The second-order valence-electron chi connectivity index (χ2n) is 13.8. The zero-order valence-corrected chi connectivity index (χ0v) is 28.0. The molecule has 1 aliphatic heterocycles. The zero-order valence-electron chi connectivity index (χ0n) is 28.0. The Labute approximate surface area is 289 Å². The Balaban J connectivity index is 1.13. The van der Waals surface area contributed by atoms with Crippen LogP contribution in [0.1, 0.15) is 41.0 Å². The average Bonchev–Trinajstić information content (AvgIpc) is 3.50. The van der Waals surface area contributed by atoms with Crippen LogP contribution < -0.4 is 4.90 Å². The van der Waals surface area contributed by atoms with E-state index in [-0.39, 0.29) is 12.1 Å². The van der Waals surface area contributed by atoms with Crippen LogP contribution in [-0.4, -0.2) is 22.1 Å². The van der Waals surface area contributed by atoms with E-state index in [1.54, 1.807) is 0 Å². The fourth-order valence-corrected chi connectivity index (χ4v) is 8.54. The minimum atomic E-state index is 0.202. The maximum absolute atomic E-state index is 5.31. The lowest BCUT2D eigenvalue weighted by molar-refractivity contribution is 0.421. The third-order valence-corrected chi connectivity index (χ3v) is 10.9. The lowest BCUT2D eigenvalue weighted by Gasteiger charge is -2.32. The Morgan fingerprint density at radius 1 is 0.592 bits per heavy atom. The summed E-state index contributed by atoms with van der Waals surface area (Å²) in [6, 6.07) is 46.4. The van der Waals surface area contributed by atoms with Gasteiger partial charge in [-0.05, 0) is 77.1 Å². The van der Waals surface area contributed by atoms with E-state index in [0.717, 1.165) is 34.9 Å². The number of hydrogen-bond acceptors (Lipinski definition) is 3. The maximum atomic E-state index is 5.31. The molecule has 0 saturated carbocycles. The lowest BCUT2D eigenvalue weighted by atomic mass is 9.73. The van der Waals surface area contributed by atoms with E-state index in [9.17, 15) is 0 Å². The highest BCUT2D eigenvalue weighted by Crippen LogP contribution is 2.52. The van der Waals surface area contributed by atoms with Crippen molar-refractivity contribution >= 4 is 11.9 Å². The summed E-state index contributed by atoms with van der Waals surface area (Å²) < 4.78 is 0. The molecular weight excluding hydrogens is 595 g/mol.